The number of nitriles is 1. The van der Waals surface area contributed by atoms with Crippen LogP contribution in [0.2, 0.25) is 5.02 Å². The Hall–Kier alpha value is -3.63. The van der Waals surface area contributed by atoms with Crippen molar-refractivity contribution in [3.8, 4) is 11.8 Å². The van der Waals surface area contributed by atoms with Crippen LogP contribution in [0.5, 0.6) is 5.75 Å². The Bertz CT molecular complexity index is 1070. The molecular formula is C22H20ClN5O2. The second-order valence-electron chi connectivity index (χ2n) is 6.34. The minimum absolute atomic E-state index is 0.159. The molecular weight excluding hydrogens is 402 g/mol. The fraction of sp³-hybridized carbons (Fsp3) is 0.182. The summed E-state index contributed by atoms with van der Waals surface area (Å²) in [6.07, 6.45) is 3.54. The molecule has 0 spiro atoms. The Labute approximate surface area is 179 Å². The number of anilines is 2. The zero-order chi connectivity index (χ0) is 21.3. The van der Waals surface area contributed by atoms with Gasteiger partial charge >= 0.3 is 0 Å². The molecule has 0 saturated heterocycles. The maximum absolute atomic E-state index is 12.1. The van der Waals surface area contributed by atoms with Gasteiger partial charge in [-0.25, -0.2) is 4.98 Å². The number of amides is 1. The van der Waals surface area contributed by atoms with E-state index in [2.05, 4.69) is 26.7 Å². The molecule has 2 heterocycles. The van der Waals surface area contributed by atoms with E-state index in [-0.39, 0.29) is 12.5 Å². The van der Waals surface area contributed by atoms with E-state index < -0.39 is 0 Å². The van der Waals surface area contributed by atoms with Crippen LogP contribution < -0.4 is 15.4 Å². The number of ether oxygens (including phenoxy) is 1. The van der Waals surface area contributed by atoms with Gasteiger partial charge in [0.15, 0.2) is 6.61 Å². The van der Waals surface area contributed by atoms with Gasteiger partial charge in [0.05, 0.1) is 23.1 Å². The zero-order valence-electron chi connectivity index (χ0n) is 16.4. The van der Waals surface area contributed by atoms with E-state index >= 15 is 0 Å². The molecule has 0 atom stereocenters. The first-order valence-electron chi connectivity index (χ1n) is 9.34. The molecule has 2 N–H and O–H groups in total. The topological polar surface area (TPSA) is 99.9 Å². The number of benzene rings is 1. The third kappa shape index (κ3) is 5.69. The number of nitrogens with zero attached hydrogens (tertiary/aromatic N) is 3. The molecule has 0 aliphatic rings. The Balaban J connectivity index is 1.70. The summed E-state index contributed by atoms with van der Waals surface area (Å²) in [6, 6.07) is 14.3. The number of rotatable bonds is 8. The summed E-state index contributed by atoms with van der Waals surface area (Å²) in [5.74, 6) is 0.894. The van der Waals surface area contributed by atoms with Gasteiger partial charge in [-0.05, 0) is 55.0 Å². The number of carbonyl (C=O) groups is 1. The van der Waals surface area contributed by atoms with Gasteiger partial charge in [0.1, 0.15) is 17.6 Å². The summed E-state index contributed by atoms with van der Waals surface area (Å²) >= 11 is 6.34. The number of hydrogen-bond acceptors (Lipinski definition) is 6. The van der Waals surface area contributed by atoms with Crippen molar-refractivity contribution >= 4 is 29.0 Å². The van der Waals surface area contributed by atoms with Gasteiger partial charge in [0.2, 0.25) is 0 Å². The lowest BCUT2D eigenvalue weighted by molar-refractivity contribution is -0.118. The summed E-state index contributed by atoms with van der Waals surface area (Å²) in [5.41, 5.74) is 2.44. The molecule has 1 aromatic carbocycles. The van der Waals surface area contributed by atoms with Gasteiger partial charge in [-0.15, -0.1) is 0 Å². The van der Waals surface area contributed by atoms with Crippen molar-refractivity contribution in [1.29, 1.82) is 5.26 Å². The predicted molar refractivity (Wildman–Crippen MR) is 116 cm³/mol. The molecule has 30 heavy (non-hydrogen) atoms. The van der Waals surface area contributed by atoms with Gasteiger partial charge in [-0.3, -0.25) is 9.78 Å². The summed E-state index contributed by atoms with van der Waals surface area (Å²) < 4.78 is 5.60. The number of halogens is 1. The molecule has 0 fully saturated rings. The molecule has 0 aliphatic carbocycles. The van der Waals surface area contributed by atoms with Crippen LogP contribution >= 0.6 is 11.6 Å². The Morgan fingerprint density at radius 2 is 2.13 bits per heavy atom. The number of nitrogens with one attached hydrogen (secondary N) is 2. The highest BCUT2D eigenvalue weighted by molar-refractivity contribution is 6.31. The highest BCUT2D eigenvalue weighted by atomic mass is 35.5. The average molecular weight is 422 g/mol. The van der Waals surface area contributed by atoms with Crippen molar-refractivity contribution in [2.75, 3.05) is 23.8 Å². The van der Waals surface area contributed by atoms with Gasteiger partial charge < -0.3 is 15.4 Å². The normalized spacial score (nSPS) is 10.2. The van der Waals surface area contributed by atoms with Crippen molar-refractivity contribution < 1.29 is 9.53 Å². The number of aromatic nitrogens is 2. The quantitative estimate of drug-likeness (QED) is 0.569. The predicted octanol–water partition coefficient (Wildman–Crippen LogP) is 4.04. The maximum Gasteiger partial charge on any atom is 0.262 e. The van der Waals surface area contributed by atoms with Crippen LogP contribution in [0.4, 0.5) is 11.5 Å². The SMILES string of the molecule is CCNc1ccc(C#N)c(Cc2cc(OCC(=O)Nc3cccnc3)ccc2Cl)n1. The first kappa shape index (κ1) is 21.1. The third-order valence-electron chi connectivity index (χ3n) is 4.14. The largest absolute Gasteiger partial charge is 0.484 e. The average Bonchev–Trinajstić information content (AvgIpc) is 2.75. The molecule has 0 aliphatic heterocycles. The molecule has 0 unspecified atom stereocenters. The van der Waals surface area contributed by atoms with Crippen LogP contribution in [0.25, 0.3) is 0 Å². The first-order chi connectivity index (χ1) is 14.6. The summed E-state index contributed by atoms with van der Waals surface area (Å²) in [6.45, 7) is 2.54. The summed E-state index contributed by atoms with van der Waals surface area (Å²) in [7, 11) is 0. The minimum atomic E-state index is -0.300. The first-order valence-corrected chi connectivity index (χ1v) is 9.72. The van der Waals surface area contributed by atoms with Crippen molar-refractivity contribution in [2.45, 2.75) is 13.3 Å². The van der Waals surface area contributed by atoms with E-state index in [1.54, 1.807) is 54.9 Å². The van der Waals surface area contributed by atoms with Gasteiger partial charge in [0.25, 0.3) is 5.91 Å². The van der Waals surface area contributed by atoms with Crippen LogP contribution in [0.3, 0.4) is 0 Å². The van der Waals surface area contributed by atoms with Crippen LogP contribution in [0, 0.1) is 11.3 Å². The molecule has 7 nitrogen and oxygen atoms in total. The Kier molecular flexibility index (Phi) is 7.19. The Morgan fingerprint density at radius 3 is 2.87 bits per heavy atom. The highest BCUT2D eigenvalue weighted by Crippen LogP contribution is 2.26. The molecule has 1 amide bonds. The highest BCUT2D eigenvalue weighted by Gasteiger charge is 2.11. The zero-order valence-corrected chi connectivity index (χ0v) is 17.1. The number of carbonyl (C=O) groups excluding carboxylic acids is 1. The van der Waals surface area contributed by atoms with E-state index in [0.29, 0.717) is 40.0 Å². The fourth-order valence-corrected chi connectivity index (χ4v) is 2.94. The van der Waals surface area contributed by atoms with Gasteiger partial charge in [0, 0.05) is 24.2 Å². The summed E-state index contributed by atoms with van der Waals surface area (Å²) in [5, 5.41) is 15.8. The van der Waals surface area contributed by atoms with Crippen LogP contribution in [0.1, 0.15) is 23.7 Å². The maximum atomic E-state index is 12.1. The molecule has 0 saturated carbocycles. The van der Waals surface area contributed by atoms with E-state index in [1.165, 1.54) is 0 Å². The van der Waals surface area contributed by atoms with Crippen molar-refractivity contribution in [1.82, 2.24) is 9.97 Å². The van der Waals surface area contributed by atoms with E-state index in [9.17, 15) is 10.1 Å². The monoisotopic (exact) mass is 421 g/mol. The summed E-state index contributed by atoms with van der Waals surface area (Å²) in [4.78, 5) is 20.5. The van der Waals surface area contributed by atoms with Crippen molar-refractivity contribution in [3.63, 3.8) is 0 Å². The van der Waals surface area contributed by atoms with Crippen LogP contribution in [-0.4, -0.2) is 29.0 Å². The van der Waals surface area contributed by atoms with Crippen LogP contribution in [-0.2, 0) is 11.2 Å². The van der Waals surface area contributed by atoms with Crippen molar-refractivity contribution in [2.24, 2.45) is 0 Å². The van der Waals surface area contributed by atoms with Crippen molar-refractivity contribution in [3.05, 3.63) is 76.7 Å². The molecule has 3 rings (SSSR count). The molecule has 0 bridgehead atoms. The van der Waals surface area contributed by atoms with E-state index in [4.69, 9.17) is 16.3 Å². The Morgan fingerprint density at radius 1 is 1.27 bits per heavy atom. The number of hydrogen-bond donors (Lipinski definition) is 2. The molecule has 152 valence electrons. The third-order valence-corrected chi connectivity index (χ3v) is 4.51. The lowest BCUT2D eigenvalue weighted by Crippen LogP contribution is -2.20. The number of pyridine rings is 2. The van der Waals surface area contributed by atoms with E-state index in [0.717, 1.165) is 12.1 Å². The second kappa shape index (κ2) is 10.2. The van der Waals surface area contributed by atoms with Crippen LogP contribution in [0.15, 0.2) is 54.9 Å². The molecule has 8 heteroatoms. The standard InChI is InChI=1S/C22H20ClN5O2/c1-2-26-21-8-5-15(12-24)20(28-21)11-16-10-18(6-7-19(16)23)30-14-22(29)27-17-4-3-9-25-13-17/h3-10,13H,2,11,14H2,1H3,(H,26,28)(H,27,29). The second-order valence-corrected chi connectivity index (χ2v) is 6.75. The van der Waals surface area contributed by atoms with E-state index in [1.807, 2.05) is 6.92 Å². The smallest absolute Gasteiger partial charge is 0.262 e. The lowest BCUT2D eigenvalue weighted by atomic mass is 10.1. The fourth-order valence-electron chi connectivity index (χ4n) is 2.76. The molecule has 0 radical (unpaired) electrons. The molecule has 2 aromatic heterocycles. The molecule has 3 aromatic rings. The van der Waals surface area contributed by atoms with Gasteiger partial charge in [-0.2, -0.15) is 5.26 Å². The lowest BCUT2D eigenvalue weighted by Gasteiger charge is -2.11. The minimum Gasteiger partial charge on any atom is -0.484 e. The van der Waals surface area contributed by atoms with Gasteiger partial charge in [-0.1, -0.05) is 11.6 Å².